The number of rotatable bonds is 5. The van der Waals surface area contributed by atoms with E-state index in [0.29, 0.717) is 0 Å². The van der Waals surface area contributed by atoms with Gasteiger partial charge in [0.15, 0.2) is 4.96 Å². The number of hydrogen-bond acceptors (Lipinski definition) is 4. The maximum atomic E-state index is 11.0. The van der Waals surface area contributed by atoms with Crippen LogP contribution in [0.4, 0.5) is 0 Å². The second-order valence-electron chi connectivity index (χ2n) is 5.32. The molecule has 0 bridgehead atoms. The van der Waals surface area contributed by atoms with E-state index in [-0.39, 0.29) is 0 Å². The van der Waals surface area contributed by atoms with Crippen molar-refractivity contribution < 1.29 is 14.6 Å². The first-order valence-corrected chi connectivity index (χ1v) is 8.43. The summed E-state index contributed by atoms with van der Waals surface area (Å²) < 4.78 is 7.25. The number of imidazole rings is 1. The van der Waals surface area contributed by atoms with E-state index < -0.39 is 5.97 Å². The third-order valence-corrected chi connectivity index (χ3v) is 4.88. The fourth-order valence-electron chi connectivity index (χ4n) is 2.77. The molecule has 3 rings (SSSR count). The first-order chi connectivity index (χ1) is 11.5. The zero-order valence-electron chi connectivity index (χ0n) is 13.7. The molecule has 0 saturated heterocycles. The summed E-state index contributed by atoms with van der Waals surface area (Å²) in [6.07, 6.45) is 3.63. The van der Waals surface area contributed by atoms with Crippen molar-refractivity contribution >= 4 is 28.3 Å². The fourth-order valence-corrected chi connectivity index (χ4v) is 3.83. The van der Waals surface area contributed by atoms with E-state index in [1.165, 1.54) is 4.88 Å². The molecule has 6 heteroatoms. The van der Waals surface area contributed by atoms with Gasteiger partial charge in [0.1, 0.15) is 5.75 Å². The van der Waals surface area contributed by atoms with Crippen LogP contribution in [0.3, 0.4) is 0 Å². The Morgan fingerprint density at radius 2 is 2.08 bits per heavy atom. The van der Waals surface area contributed by atoms with Crippen LogP contribution in [0.5, 0.6) is 5.75 Å². The number of hydrogen-bond donors (Lipinski definition) is 1. The molecule has 5 nitrogen and oxygen atoms in total. The predicted octanol–water partition coefficient (Wildman–Crippen LogP) is 4.04. The number of carboxylic acids is 1. The molecule has 1 aromatic carbocycles. The predicted molar refractivity (Wildman–Crippen MR) is 95.8 cm³/mol. The number of aryl methyl sites for hydroxylation is 2. The number of ether oxygens (including phenoxy) is 1. The van der Waals surface area contributed by atoms with E-state index >= 15 is 0 Å². The molecule has 0 spiro atoms. The minimum atomic E-state index is -0.976. The van der Waals surface area contributed by atoms with Crippen LogP contribution < -0.4 is 4.74 Å². The van der Waals surface area contributed by atoms with Gasteiger partial charge in [-0.15, -0.1) is 11.3 Å². The van der Waals surface area contributed by atoms with E-state index in [0.717, 1.165) is 45.9 Å². The van der Waals surface area contributed by atoms with Gasteiger partial charge in [0, 0.05) is 22.2 Å². The average Bonchev–Trinajstić information content (AvgIpc) is 3.07. The Labute approximate surface area is 143 Å². The summed E-state index contributed by atoms with van der Waals surface area (Å²) in [6.45, 7) is 4.15. The van der Waals surface area contributed by atoms with Crippen molar-refractivity contribution in [3.8, 4) is 17.0 Å². The van der Waals surface area contributed by atoms with E-state index in [9.17, 15) is 4.79 Å². The smallest absolute Gasteiger partial charge is 0.328 e. The summed E-state index contributed by atoms with van der Waals surface area (Å²) in [7, 11) is 1.62. The van der Waals surface area contributed by atoms with Crippen LogP contribution in [0.15, 0.2) is 30.3 Å². The molecule has 2 aromatic heterocycles. The molecule has 0 amide bonds. The lowest BCUT2D eigenvalue weighted by atomic mass is 10.1. The maximum absolute atomic E-state index is 11.0. The molecule has 1 N–H and O–H groups in total. The van der Waals surface area contributed by atoms with Crippen LogP contribution in [-0.2, 0) is 11.2 Å². The minimum absolute atomic E-state index is 0.771. The maximum Gasteiger partial charge on any atom is 0.328 e. The fraction of sp³-hybridized carbons (Fsp3) is 0.222. The quantitative estimate of drug-likeness (QED) is 0.711. The zero-order chi connectivity index (χ0) is 17.3. The molecule has 0 radical (unpaired) electrons. The standard InChI is InChI=1S/C18H18N2O3S/c1-4-14-11(2)24-18-19-17(12-5-7-13(23-3)8-6-12)15(20(14)18)9-10-16(21)22/h5-10H,4H2,1-3H3,(H,21,22)/b10-9+. The molecule has 2 heterocycles. The van der Waals surface area contributed by atoms with Crippen molar-refractivity contribution in [1.82, 2.24) is 9.38 Å². The van der Waals surface area contributed by atoms with Crippen molar-refractivity contribution in [1.29, 1.82) is 0 Å². The highest BCUT2D eigenvalue weighted by atomic mass is 32.1. The molecule has 124 valence electrons. The lowest BCUT2D eigenvalue weighted by Crippen LogP contribution is -1.95. The monoisotopic (exact) mass is 342 g/mol. The number of carbonyl (C=O) groups is 1. The van der Waals surface area contributed by atoms with Gasteiger partial charge in [-0.25, -0.2) is 9.78 Å². The van der Waals surface area contributed by atoms with Crippen molar-refractivity contribution in [3.05, 3.63) is 46.6 Å². The van der Waals surface area contributed by atoms with Gasteiger partial charge in [0.05, 0.1) is 18.5 Å². The molecule has 0 aliphatic heterocycles. The molecular weight excluding hydrogens is 324 g/mol. The number of aromatic nitrogens is 2. The molecule has 0 atom stereocenters. The number of carboxylic acid groups (broad SMARTS) is 1. The van der Waals surface area contributed by atoms with Gasteiger partial charge >= 0.3 is 5.97 Å². The van der Waals surface area contributed by atoms with Gasteiger partial charge in [0.2, 0.25) is 0 Å². The first kappa shape index (κ1) is 16.3. The van der Waals surface area contributed by atoms with E-state index in [1.54, 1.807) is 24.5 Å². The molecule has 0 aliphatic rings. The van der Waals surface area contributed by atoms with Crippen LogP contribution >= 0.6 is 11.3 Å². The summed E-state index contributed by atoms with van der Waals surface area (Å²) in [5, 5.41) is 9.02. The van der Waals surface area contributed by atoms with E-state index in [4.69, 9.17) is 14.8 Å². The average molecular weight is 342 g/mol. The van der Waals surface area contributed by atoms with Gasteiger partial charge in [-0.1, -0.05) is 6.92 Å². The SMILES string of the molecule is CCc1c(C)sc2nc(-c3ccc(OC)cc3)c(/C=C/C(=O)O)n12. The van der Waals surface area contributed by atoms with Crippen molar-refractivity contribution in [2.45, 2.75) is 20.3 Å². The van der Waals surface area contributed by atoms with E-state index in [1.807, 2.05) is 24.3 Å². The van der Waals surface area contributed by atoms with Crippen LogP contribution in [0.25, 0.3) is 22.3 Å². The second kappa shape index (κ2) is 6.49. The van der Waals surface area contributed by atoms with Crippen molar-refractivity contribution in [2.75, 3.05) is 7.11 Å². The molecule has 0 unspecified atom stereocenters. The summed E-state index contributed by atoms with van der Waals surface area (Å²) in [4.78, 5) is 17.8. The Hall–Kier alpha value is -2.60. The Morgan fingerprint density at radius 1 is 1.38 bits per heavy atom. The summed E-state index contributed by atoms with van der Waals surface area (Å²) in [5.74, 6) is -0.205. The lowest BCUT2D eigenvalue weighted by Gasteiger charge is -2.04. The topological polar surface area (TPSA) is 63.8 Å². The highest BCUT2D eigenvalue weighted by Crippen LogP contribution is 2.32. The number of thiazole rings is 1. The van der Waals surface area contributed by atoms with Crippen LogP contribution in [0.2, 0.25) is 0 Å². The van der Waals surface area contributed by atoms with Gasteiger partial charge in [-0.2, -0.15) is 0 Å². The third-order valence-electron chi connectivity index (χ3n) is 3.89. The molecular formula is C18H18N2O3S. The summed E-state index contributed by atoms with van der Waals surface area (Å²) >= 11 is 1.62. The second-order valence-corrected chi connectivity index (χ2v) is 6.50. The molecule has 0 aliphatic carbocycles. The van der Waals surface area contributed by atoms with E-state index in [2.05, 4.69) is 18.2 Å². The van der Waals surface area contributed by atoms with Crippen LogP contribution in [0, 0.1) is 6.92 Å². The number of aliphatic carboxylic acids is 1. The normalized spacial score (nSPS) is 11.5. The molecule has 3 aromatic rings. The number of methoxy groups -OCH3 is 1. The first-order valence-electron chi connectivity index (χ1n) is 7.61. The molecule has 24 heavy (non-hydrogen) atoms. The largest absolute Gasteiger partial charge is 0.497 e. The summed E-state index contributed by atoms with van der Waals surface area (Å²) in [5.41, 5.74) is 3.65. The Morgan fingerprint density at radius 3 is 2.67 bits per heavy atom. The third kappa shape index (κ3) is 2.80. The van der Waals surface area contributed by atoms with Crippen LogP contribution in [-0.4, -0.2) is 27.6 Å². The number of benzene rings is 1. The van der Waals surface area contributed by atoms with Gasteiger partial charge in [-0.05, 0) is 43.7 Å². The Bertz CT molecular complexity index is 920. The Kier molecular flexibility index (Phi) is 4.40. The van der Waals surface area contributed by atoms with Gasteiger partial charge in [0.25, 0.3) is 0 Å². The number of fused-ring (bicyclic) bond motifs is 1. The highest BCUT2D eigenvalue weighted by Gasteiger charge is 2.18. The Balaban J connectivity index is 2.24. The van der Waals surface area contributed by atoms with Gasteiger partial charge in [-0.3, -0.25) is 4.40 Å². The van der Waals surface area contributed by atoms with Crippen molar-refractivity contribution in [2.24, 2.45) is 0 Å². The highest BCUT2D eigenvalue weighted by molar-refractivity contribution is 7.17. The minimum Gasteiger partial charge on any atom is -0.497 e. The molecule has 0 saturated carbocycles. The molecule has 0 fully saturated rings. The van der Waals surface area contributed by atoms with Gasteiger partial charge < -0.3 is 9.84 Å². The number of nitrogens with zero attached hydrogens (tertiary/aromatic N) is 2. The lowest BCUT2D eigenvalue weighted by molar-refractivity contribution is -0.131. The van der Waals surface area contributed by atoms with Crippen LogP contribution in [0.1, 0.15) is 23.2 Å². The van der Waals surface area contributed by atoms with Crippen molar-refractivity contribution in [3.63, 3.8) is 0 Å². The zero-order valence-corrected chi connectivity index (χ0v) is 14.6. The summed E-state index contributed by atoms with van der Waals surface area (Å²) in [6, 6.07) is 7.61.